The molecule has 18 heavy (non-hydrogen) atoms. The third-order valence-electron chi connectivity index (χ3n) is 2.30. The Kier molecular flexibility index (Phi) is 4.47. The number of halogens is 1. The van der Waals surface area contributed by atoms with Crippen LogP contribution in [0.5, 0.6) is 5.75 Å². The molecule has 2 aromatic carbocycles. The highest BCUT2D eigenvalue weighted by atomic mass is 32.2. The van der Waals surface area contributed by atoms with Gasteiger partial charge in [-0.25, -0.2) is 4.39 Å². The molecule has 2 nitrogen and oxygen atoms in total. The number of anilines is 1. The SMILES string of the molecule is Nc1cccc(SCCOc2ccccc2F)c1. The molecule has 0 radical (unpaired) electrons. The highest BCUT2D eigenvalue weighted by Gasteiger charge is 2.01. The summed E-state index contributed by atoms with van der Waals surface area (Å²) >= 11 is 1.63. The maximum Gasteiger partial charge on any atom is 0.165 e. The van der Waals surface area contributed by atoms with Crippen LogP contribution in [-0.4, -0.2) is 12.4 Å². The molecule has 0 fully saturated rings. The summed E-state index contributed by atoms with van der Waals surface area (Å²) in [7, 11) is 0. The number of benzene rings is 2. The first-order valence-electron chi connectivity index (χ1n) is 5.61. The Hall–Kier alpha value is -1.68. The average molecular weight is 263 g/mol. The first-order valence-corrected chi connectivity index (χ1v) is 6.60. The first-order chi connectivity index (χ1) is 8.75. The second-order valence-electron chi connectivity index (χ2n) is 3.70. The molecule has 0 aliphatic heterocycles. The second kappa shape index (κ2) is 6.31. The van der Waals surface area contributed by atoms with Gasteiger partial charge in [0.15, 0.2) is 11.6 Å². The Balaban J connectivity index is 1.78. The zero-order valence-corrected chi connectivity index (χ0v) is 10.6. The van der Waals surface area contributed by atoms with Gasteiger partial charge in [0.2, 0.25) is 0 Å². The molecule has 0 amide bonds. The van der Waals surface area contributed by atoms with Gasteiger partial charge >= 0.3 is 0 Å². The molecule has 0 atom stereocenters. The van der Waals surface area contributed by atoms with Crippen LogP contribution in [0.3, 0.4) is 0 Å². The summed E-state index contributed by atoms with van der Waals surface area (Å²) < 4.78 is 18.6. The van der Waals surface area contributed by atoms with Crippen molar-refractivity contribution in [3.63, 3.8) is 0 Å². The molecule has 94 valence electrons. The molecule has 0 saturated heterocycles. The summed E-state index contributed by atoms with van der Waals surface area (Å²) in [5.74, 6) is 0.717. The highest BCUT2D eigenvalue weighted by molar-refractivity contribution is 7.99. The molecule has 2 aromatic rings. The van der Waals surface area contributed by atoms with E-state index in [9.17, 15) is 4.39 Å². The highest BCUT2D eigenvalue weighted by Crippen LogP contribution is 2.21. The number of ether oxygens (including phenoxy) is 1. The van der Waals surface area contributed by atoms with Crippen molar-refractivity contribution in [3.05, 3.63) is 54.3 Å². The van der Waals surface area contributed by atoms with Crippen molar-refractivity contribution in [1.82, 2.24) is 0 Å². The van der Waals surface area contributed by atoms with Crippen LogP contribution >= 0.6 is 11.8 Å². The molecule has 0 saturated carbocycles. The summed E-state index contributed by atoms with van der Waals surface area (Å²) in [6.45, 7) is 0.459. The van der Waals surface area contributed by atoms with Gasteiger partial charge in [0.25, 0.3) is 0 Å². The lowest BCUT2D eigenvalue weighted by atomic mass is 10.3. The molecule has 0 bridgehead atoms. The minimum Gasteiger partial charge on any atom is -0.490 e. The van der Waals surface area contributed by atoms with Crippen molar-refractivity contribution in [2.45, 2.75) is 4.90 Å². The van der Waals surface area contributed by atoms with E-state index in [0.29, 0.717) is 12.4 Å². The zero-order chi connectivity index (χ0) is 12.8. The first kappa shape index (κ1) is 12.8. The predicted molar refractivity (Wildman–Crippen MR) is 73.5 cm³/mol. The number of hydrogen-bond donors (Lipinski definition) is 1. The van der Waals surface area contributed by atoms with Crippen LogP contribution in [0.2, 0.25) is 0 Å². The van der Waals surface area contributed by atoms with Gasteiger partial charge in [0.05, 0.1) is 6.61 Å². The van der Waals surface area contributed by atoms with Gasteiger partial charge < -0.3 is 10.5 Å². The Morgan fingerprint density at radius 2 is 1.94 bits per heavy atom. The van der Waals surface area contributed by atoms with Crippen molar-refractivity contribution >= 4 is 17.4 Å². The van der Waals surface area contributed by atoms with Crippen LogP contribution in [0.15, 0.2) is 53.4 Å². The molecule has 4 heteroatoms. The van der Waals surface area contributed by atoms with E-state index < -0.39 is 0 Å². The topological polar surface area (TPSA) is 35.2 Å². The van der Waals surface area contributed by atoms with E-state index in [4.69, 9.17) is 10.5 Å². The fraction of sp³-hybridized carbons (Fsp3) is 0.143. The standard InChI is InChI=1S/C14H14FNOS/c15-13-6-1-2-7-14(13)17-8-9-18-12-5-3-4-11(16)10-12/h1-7,10H,8-9,16H2. The summed E-state index contributed by atoms with van der Waals surface area (Å²) in [5, 5.41) is 0. The summed E-state index contributed by atoms with van der Waals surface area (Å²) in [5.41, 5.74) is 6.42. The van der Waals surface area contributed by atoms with Gasteiger partial charge in [-0.05, 0) is 30.3 Å². The molecular formula is C14H14FNOS. The third-order valence-corrected chi connectivity index (χ3v) is 3.26. The largest absolute Gasteiger partial charge is 0.490 e. The van der Waals surface area contributed by atoms with E-state index in [1.54, 1.807) is 30.0 Å². The number of para-hydroxylation sites is 1. The molecule has 0 unspecified atom stereocenters. The number of nitrogens with two attached hydrogens (primary N) is 1. The Bertz CT molecular complexity index is 519. The number of nitrogen functional groups attached to an aromatic ring is 1. The molecule has 0 aliphatic carbocycles. The number of thioether (sulfide) groups is 1. The van der Waals surface area contributed by atoms with Crippen LogP contribution in [0.4, 0.5) is 10.1 Å². The van der Waals surface area contributed by atoms with Crippen molar-refractivity contribution < 1.29 is 9.13 Å². The number of rotatable bonds is 5. The van der Waals surface area contributed by atoms with E-state index in [0.717, 1.165) is 16.3 Å². The summed E-state index contributed by atoms with van der Waals surface area (Å²) in [4.78, 5) is 1.09. The maximum atomic E-state index is 13.2. The van der Waals surface area contributed by atoms with Crippen LogP contribution in [-0.2, 0) is 0 Å². The van der Waals surface area contributed by atoms with E-state index in [1.165, 1.54) is 6.07 Å². The lowest BCUT2D eigenvalue weighted by Gasteiger charge is -2.07. The van der Waals surface area contributed by atoms with Crippen LogP contribution in [0.25, 0.3) is 0 Å². The van der Waals surface area contributed by atoms with E-state index in [-0.39, 0.29) is 5.82 Å². The van der Waals surface area contributed by atoms with Crippen LogP contribution in [0.1, 0.15) is 0 Å². The monoisotopic (exact) mass is 263 g/mol. The van der Waals surface area contributed by atoms with Gasteiger partial charge in [-0.2, -0.15) is 0 Å². The lowest BCUT2D eigenvalue weighted by Crippen LogP contribution is -2.01. The van der Waals surface area contributed by atoms with Gasteiger partial charge in [0, 0.05) is 16.3 Å². The molecule has 0 aliphatic rings. The summed E-state index contributed by atoms with van der Waals surface area (Å²) in [6, 6.07) is 14.1. The third kappa shape index (κ3) is 3.67. The quantitative estimate of drug-likeness (QED) is 0.509. The van der Waals surface area contributed by atoms with Crippen LogP contribution < -0.4 is 10.5 Å². The van der Waals surface area contributed by atoms with Gasteiger partial charge in [-0.3, -0.25) is 0 Å². The normalized spacial score (nSPS) is 10.3. The number of hydrogen-bond acceptors (Lipinski definition) is 3. The maximum absolute atomic E-state index is 13.2. The van der Waals surface area contributed by atoms with Crippen molar-refractivity contribution in [2.24, 2.45) is 0 Å². The van der Waals surface area contributed by atoms with E-state index >= 15 is 0 Å². The van der Waals surface area contributed by atoms with E-state index in [2.05, 4.69) is 0 Å². The molecule has 0 heterocycles. The van der Waals surface area contributed by atoms with Gasteiger partial charge in [0.1, 0.15) is 0 Å². The lowest BCUT2D eigenvalue weighted by molar-refractivity contribution is 0.325. The molecular weight excluding hydrogens is 249 g/mol. The fourth-order valence-corrected chi connectivity index (χ4v) is 2.27. The predicted octanol–water partition coefficient (Wildman–Crippen LogP) is 3.58. The summed E-state index contributed by atoms with van der Waals surface area (Å²) in [6.07, 6.45) is 0. The zero-order valence-electron chi connectivity index (χ0n) is 9.80. The molecule has 2 N–H and O–H groups in total. The van der Waals surface area contributed by atoms with Gasteiger partial charge in [-0.1, -0.05) is 18.2 Å². The fourth-order valence-electron chi connectivity index (χ4n) is 1.48. The van der Waals surface area contributed by atoms with E-state index in [1.807, 2.05) is 24.3 Å². The second-order valence-corrected chi connectivity index (χ2v) is 4.87. The molecule has 2 rings (SSSR count). The Morgan fingerprint density at radius 3 is 2.72 bits per heavy atom. The minimum absolute atomic E-state index is 0.297. The van der Waals surface area contributed by atoms with Crippen molar-refractivity contribution in [2.75, 3.05) is 18.1 Å². The molecule has 0 spiro atoms. The van der Waals surface area contributed by atoms with Crippen molar-refractivity contribution in [1.29, 1.82) is 0 Å². The molecule has 0 aromatic heterocycles. The van der Waals surface area contributed by atoms with Crippen molar-refractivity contribution in [3.8, 4) is 5.75 Å². The Morgan fingerprint density at radius 1 is 1.11 bits per heavy atom. The van der Waals surface area contributed by atoms with Crippen LogP contribution in [0, 0.1) is 5.82 Å². The smallest absolute Gasteiger partial charge is 0.165 e. The average Bonchev–Trinajstić information content (AvgIpc) is 2.37. The minimum atomic E-state index is -0.327. The Labute approximate surface area is 110 Å². The van der Waals surface area contributed by atoms with Gasteiger partial charge in [-0.15, -0.1) is 11.8 Å².